The highest BCUT2D eigenvalue weighted by Gasteiger charge is 2.05. The lowest BCUT2D eigenvalue weighted by molar-refractivity contribution is 0.474. The van der Waals surface area contributed by atoms with Gasteiger partial charge in [-0.2, -0.15) is 0 Å². The average Bonchev–Trinajstić information content (AvgIpc) is 2.36. The zero-order chi connectivity index (χ0) is 13.0. The van der Waals surface area contributed by atoms with E-state index in [1.54, 1.807) is 0 Å². The molecule has 0 fully saturated rings. The molecule has 0 atom stereocenters. The van der Waals surface area contributed by atoms with Gasteiger partial charge in [-0.3, -0.25) is 0 Å². The van der Waals surface area contributed by atoms with E-state index in [-0.39, 0.29) is 0 Å². The molecule has 2 aromatic carbocycles. The van der Waals surface area contributed by atoms with Gasteiger partial charge in [0.2, 0.25) is 0 Å². The van der Waals surface area contributed by atoms with Crippen LogP contribution in [0.5, 0.6) is 11.5 Å². The number of nitrogens with one attached hydrogen (secondary N) is 1. The van der Waals surface area contributed by atoms with Gasteiger partial charge in [0.15, 0.2) is 0 Å². The fraction of sp³-hybridized carbons (Fsp3) is 0.143. The van der Waals surface area contributed by atoms with Crippen LogP contribution < -0.4 is 10.1 Å². The van der Waals surface area contributed by atoms with Crippen LogP contribution in [0.4, 0.5) is 0 Å². The zero-order valence-corrected chi connectivity index (χ0v) is 13.1. The third-order valence-corrected chi connectivity index (χ3v) is 3.46. The van der Waals surface area contributed by atoms with Crippen molar-refractivity contribution in [3.63, 3.8) is 0 Å². The van der Waals surface area contributed by atoms with E-state index in [4.69, 9.17) is 4.74 Å². The summed E-state index contributed by atoms with van der Waals surface area (Å²) in [6.07, 6.45) is 0. The van der Waals surface area contributed by atoms with E-state index < -0.39 is 0 Å². The van der Waals surface area contributed by atoms with E-state index in [0.29, 0.717) is 0 Å². The second kappa shape index (κ2) is 6.36. The predicted octanol–water partition coefficient (Wildman–Crippen LogP) is 4.72. The van der Waals surface area contributed by atoms with Gasteiger partial charge < -0.3 is 10.1 Å². The monoisotopic (exact) mass is 369 g/mol. The number of hydrogen-bond donors (Lipinski definition) is 1. The van der Waals surface area contributed by atoms with Crippen molar-refractivity contribution >= 4 is 31.9 Å². The van der Waals surface area contributed by atoms with Crippen molar-refractivity contribution in [1.82, 2.24) is 5.32 Å². The van der Waals surface area contributed by atoms with E-state index in [1.807, 2.05) is 43.4 Å². The zero-order valence-electron chi connectivity index (χ0n) is 9.91. The third-order valence-electron chi connectivity index (χ3n) is 2.44. The molecule has 0 aliphatic carbocycles. The minimum atomic E-state index is 0.777. The van der Waals surface area contributed by atoms with Gasteiger partial charge in [0.1, 0.15) is 11.5 Å². The molecule has 0 aliphatic rings. The molecule has 0 saturated carbocycles. The molecule has 18 heavy (non-hydrogen) atoms. The highest BCUT2D eigenvalue weighted by Crippen LogP contribution is 2.29. The maximum absolute atomic E-state index is 5.91. The summed E-state index contributed by atoms with van der Waals surface area (Å²) in [6, 6.07) is 13.9. The molecular weight excluding hydrogens is 358 g/mol. The summed E-state index contributed by atoms with van der Waals surface area (Å²) in [5, 5.41) is 3.14. The van der Waals surface area contributed by atoms with E-state index in [2.05, 4.69) is 43.2 Å². The Morgan fingerprint density at radius 1 is 1.00 bits per heavy atom. The highest BCUT2D eigenvalue weighted by molar-refractivity contribution is 9.10. The minimum absolute atomic E-state index is 0.777. The first-order chi connectivity index (χ1) is 8.69. The summed E-state index contributed by atoms with van der Waals surface area (Å²) < 4.78 is 7.96. The lowest BCUT2D eigenvalue weighted by Crippen LogP contribution is -2.06. The Labute approximate surface area is 124 Å². The molecule has 2 nitrogen and oxygen atoms in total. The Bertz CT molecular complexity index is 526. The van der Waals surface area contributed by atoms with Crippen molar-refractivity contribution < 1.29 is 4.74 Å². The molecule has 0 saturated heterocycles. The minimum Gasteiger partial charge on any atom is -0.457 e. The Hall–Kier alpha value is -0.840. The van der Waals surface area contributed by atoms with E-state index in [9.17, 15) is 0 Å². The number of benzene rings is 2. The van der Waals surface area contributed by atoms with Crippen LogP contribution in [0.15, 0.2) is 51.4 Å². The van der Waals surface area contributed by atoms with Gasteiger partial charge >= 0.3 is 0 Å². The van der Waals surface area contributed by atoms with Crippen LogP contribution in [0.3, 0.4) is 0 Å². The van der Waals surface area contributed by atoms with Gasteiger partial charge in [-0.15, -0.1) is 0 Å². The summed E-state index contributed by atoms with van der Waals surface area (Å²) >= 11 is 6.87. The summed E-state index contributed by atoms with van der Waals surface area (Å²) in [7, 11) is 1.92. The van der Waals surface area contributed by atoms with Gasteiger partial charge in [-0.1, -0.05) is 37.9 Å². The fourth-order valence-electron chi connectivity index (χ4n) is 1.59. The van der Waals surface area contributed by atoms with E-state index >= 15 is 0 Å². The number of ether oxygens (including phenoxy) is 1. The van der Waals surface area contributed by atoms with Crippen LogP contribution in [-0.4, -0.2) is 7.05 Å². The second-order valence-electron chi connectivity index (χ2n) is 3.84. The maximum Gasteiger partial charge on any atom is 0.133 e. The summed E-state index contributed by atoms with van der Waals surface area (Å²) in [4.78, 5) is 0. The number of halogens is 2. The SMILES string of the molecule is CNCc1ccc(Br)cc1Oc1ccc(Br)cc1. The molecule has 4 heteroatoms. The average molecular weight is 371 g/mol. The van der Waals surface area contributed by atoms with Gasteiger partial charge in [0.05, 0.1) is 0 Å². The fourth-order valence-corrected chi connectivity index (χ4v) is 2.19. The molecule has 94 valence electrons. The molecule has 0 amide bonds. The molecule has 0 aliphatic heterocycles. The quantitative estimate of drug-likeness (QED) is 0.840. The van der Waals surface area contributed by atoms with Gasteiger partial charge in [-0.25, -0.2) is 0 Å². The highest BCUT2D eigenvalue weighted by atomic mass is 79.9. The molecule has 0 unspecified atom stereocenters. The Morgan fingerprint density at radius 2 is 1.67 bits per heavy atom. The summed E-state index contributed by atoms with van der Waals surface area (Å²) in [5.41, 5.74) is 1.13. The first-order valence-electron chi connectivity index (χ1n) is 5.55. The van der Waals surface area contributed by atoms with Crippen molar-refractivity contribution in [2.45, 2.75) is 6.54 Å². The second-order valence-corrected chi connectivity index (χ2v) is 5.67. The lowest BCUT2D eigenvalue weighted by atomic mass is 10.2. The van der Waals surface area contributed by atoms with Crippen molar-refractivity contribution in [1.29, 1.82) is 0 Å². The molecule has 0 radical (unpaired) electrons. The van der Waals surface area contributed by atoms with Gasteiger partial charge in [0, 0.05) is 21.1 Å². The molecule has 0 spiro atoms. The molecule has 0 heterocycles. The van der Waals surface area contributed by atoms with Crippen LogP contribution >= 0.6 is 31.9 Å². The number of hydrogen-bond acceptors (Lipinski definition) is 2. The van der Waals surface area contributed by atoms with Crippen molar-refractivity contribution in [3.8, 4) is 11.5 Å². The third kappa shape index (κ3) is 3.57. The van der Waals surface area contributed by atoms with Crippen LogP contribution in [0.25, 0.3) is 0 Å². The summed E-state index contributed by atoms with van der Waals surface area (Å²) in [6.45, 7) is 0.777. The standard InChI is InChI=1S/C14H13Br2NO/c1-17-9-10-2-3-12(16)8-14(10)18-13-6-4-11(15)5-7-13/h2-8,17H,9H2,1H3. The molecule has 0 bridgehead atoms. The summed E-state index contributed by atoms with van der Waals surface area (Å²) in [5.74, 6) is 1.69. The Morgan fingerprint density at radius 3 is 2.33 bits per heavy atom. The maximum atomic E-state index is 5.91. The first-order valence-corrected chi connectivity index (χ1v) is 7.14. The van der Waals surface area contributed by atoms with Crippen LogP contribution in [-0.2, 0) is 6.54 Å². The van der Waals surface area contributed by atoms with Crippen molar-refractivity contribution in [3.05, 3.63) is 57.0 Å². The largest absolute Gasteiger partial charge is 0.457 e. The smallest absolute Gasteiger partial charge is 0.133 e. The number of rotatable bonds is 4. The van der Waals surface area contributed by atoms with Crippen LogP contribution in [0, 0.1) is 0 Å². The Balaban J connectivity index is 2.26. The van der Waals surface area contributed by atoms with Crippen molar-refractivity contribution in [2.24, 2.45) is 0 Å². The molecule has 0 aromatic heterocycles. The van der Waals surface area contributed by atoms with E-state index in [1.165, 1.54) is 0 Å². The van der Waals surface area contributed by atoms with Crippen molar-refractivity contribution in [2.75, 3.05) is 7.05 Å². The molecule has 1 N–H and O–H groups in total. The van der Waals surface area contributed by atoms with Gasteiger partial charge in [-0.05, 0) is 43.4 Å². The predicted molar refractivity (Wildman–Crippen MR) is 81.1 cm³/mol. The van der Waals surface area contributed by atoms with E-state index in [0.717, 1.165) is 32.6 Å². The van der Waals surface area contributed by atoms with Crippen LogP contribution in [0.1, 0.15) is 5.56 Å². The normalized spacial score (nSPS) is 10.4. The van der Waals surface area contributed by atoms with Gasteiger partial charge in [0.25, 0.3) is 0 Å². The topological polar surface area (TPSA) is 21.3 Å². The lowest BCUT2D eigenvalue weighted by Gasteiger charge is -2.11. The molecule has 2 rings (SSSR count). The molecule has 2 aromatic rings. The molecular formula is C14H13Br2NO. The Kier molecular flexibility index (Phi) is 4.80. The first kappa shape index (κ1) is 13.6. The van der Waals surface area contributed by atoms with Crippen LogP contribution in [0.2, 0.25) is 0 Å².